The van der Waals surface area contributed by atoms with Crippen molar-refractivity contribution in [3.63, 3.8) is 0 Å². The van der Waals surface area contributed by atoms with Gasteiger partial charge in [0.25, 0.3) is 5.91 Å². The number of carbonyl (C=O) groups excluding carboxylic acids is 1. The predicted octanol–water partition coefficient (Wildman–Crippen LogP) is 2.75. The number of hydrogen-bond acceptors (Lipinski definition) is 6. The van der Waals surface area contributed by atoms with Crippen molar-refractivity contribution in [2.24, 2.45) is 0 Å². The second-order valence-corrected chi connectivity index (χ2v) is 7.95. The van der Waals surface area contributed by atoms with Crippen LogP contribution in [0.3, 0.4) is 0 Å². The van der Waals surface area contributed by atoms with Crippen LogP contribution in [-0.2, 0) is 6.54 Å². The van der Waals surface area contributed by atoms with E-state index in [0.717, 1.165) is 62.8 Å². The van der Waals surface area contributed by atoms with Gasteiger partial charge in [-0.3, -0.25) is 14.4 Å². The highest BCUT2D eigenvalue weighted by molar-refractivity contribution is 6.01. The van der Waals surface area contributed by atoms with E-state index in [1.165, 1.54) is 5.56 Å². The van der Waals surface area contributed by atoms with Gasteiger partial charge in [0.2, 0.25) is 5.82 Å². The Labute approximate surface area is 182 Å². The molecule has 162 valence electrons. The fourth-order valence-corrected chi connectivity index (χ4v) is 3.71. The number of pyridine rings is 1. The molecule has 0 spiro atoms. The molecule has 31 heavy (non-hydrogen) atoms. The molecule has 8 nitrogen and oxygen atoms in total. The molecule has 4 rings (SSSR count). The van der Waals surface area contributed by atoms with E-state index in [1.807, 2.05) is 50.4 Å². The second kappa shape index (κ2) is 9.70. The van der Waals surface area contributed by atoms with E-state index in [1.54, 1.807) is 11.0 Å². The zero-order chi connectivity index (χ0) is 21.6. The Bertz CT molecular complexity index is 1010. The molecule has 0 unspecified atom stereocenters. The molecule has 1 aliphatic heterocycles. The van der Waals surface area contributed by atoms with Crippen LogP contribution in [0, 0.1) is 13.8 Å². The van der Waals surface area contributed by atoms with Crippen LogP contribution < -0.4 is 10.2 Å². The number of nitrogens with zero attached hydrogens (tertiary/aromatic N) is 6. The molecule has 1 amide bonds. The lowest BCUT2D eigenvalue weighted by molar-refractivity contribution is 0.101. The predicted molar refractivity (Wildman–Crippen MR) is 121 cm³/mol. The maximum atomic E-state index is 12.4. The minimum Gasteiger partial charge on any atom is -0.354 e. The molecular weight excluding hydrogens is 390 g/mol. The third-order valence-electron chi connectivity index (χ3n) is 5.71. The van der Waals surface area contributed by atoms with Crippen molar-refractivity contribution < 1.29 is 4.79 Å². The molecule has 3 heterocycles. The maximum Gasteiger partial charge on any atom is 0.295 e. The van der Waals surface area contributed by atoms with Gasteiger partial charge in [0.05, 0.1) is 0 Å². The van der Waals surface area contributed by atoms with Gasteiger partial charge in [0, 0.05) is 51.2 Å². The topological polar surface area (TPSA) is 79.2 Å². The number of piperazine rings is 1. The molecule has 0 atom stereocenters. The van der Waals surface area contributed by atoms with Crippen LogP contribution in [0.4, 0.5) is 11.5 Å². The van der Waals surface area contributed by atoms with Crippen LogP contribution in [-0.4, -0.2) is 63.3 Å². The minimum atomic E-state index is -0.285. The number of amides is 1. The van der Waals surface area contributed by atoms with Crippen molar-refractivity contribution in [3.05, 3.63) is 65.9 Å². The zero-order valence-corrected chi connectivity index (χ0v) is 18.2. The Hall–Kier alpha value is -3.26. The van der Waals surface area contributed by atoms with Crippen LogP contribution in [0.1, 0.15) is 28.2 Å². The van der Waals surface area contributed by atoms with Crippen LogP contribution in [0.25, 0.3) is 0 Å². The highest BCUT2D eigenvalue weighted by Crippen LogP contribution is 2.15. The summed E-state index contributed by atoms with van der Waals surface area (Å²) in [7, 11) is 0. The number of aryl methyl sites for hydroxylation is 3. The number of carbonyl (C=O) groups is 1. The van der Waals surface area contributed by atoms with Crippen molar-refractivity contribution in [2.45, 2.75) is 26.8 Å². The van der Waals surface area contributed by atoms with Crippen LogP contribution >= 0.6 is 0 Å². The molecule has 1 aromatic carbocycles. The Morgan fingerprint density at radius 3 is 2.58 bits per heavy atom. The molecule has 3 aromatic rings. The largest absolute Gasteiger partial charge is 0.354 e. The lowest BCUT2D eigenvalue weighted by Gasteiger charge is -2.35. The lowest BCUT2D eigenvalue weighted by Crippen LogP contribution is -2.47. The van der Waals surface area contributed by atoms with Crippen molar-refractivity contribution in [2.75, 3.05) is 42.9 Å². The quantitative estimate of drug-likeness (QED) is 0.634. The Balaban J connectivity index is 1.21. The molecule has 0 aliphatic carbocycles. The molecule has 0 saturated carbocycles. The summed E-state index contributed by atoms with van der Waals surface area (Å²) < 4.78 is 1.75. The van der Waals surface area contributed by atoms with Gasteiger partial charge in [0.15, 0.2) is 0 Å². The van der Waals surface area contributed by atoms with E-state index < -0.39 is 0 Å². The highest BCUT2D eigenvalue weighted by Gasteiger charge is 2.17. The third-order valence-corrected chi connectivity index (χ3v) is 5.71. The normalized spacial score (nSPS) is 14.6. The van der Waals surface area contributed by atoms with Crippen LogP contribution in [0.5, 0.6) is 0 Å². The first-order valence-corrected chi connectivity index (χ1v) is 10.7. The summed E-state index contributed by atoms with van der Waals surface area (Å²) in [6, 6.07) is 11.9. The van der Waals surface area contributed by atoms with Gasteiger partial charge in [-0.15, -0.1) is 5.10 Å². The van der Waals surface area contributed by atoms with Gasteiger partial charge < -0.3 is 10.2 Å². The number of anilines is 2. The van der Waals surface area contributed by atoms with E-state index in [0.29, 0.717) is 0 Å². The monoisotopic (exact) mass is 419 g/mol. The molecule has 0 bridgehead atoms. The van der Waals surface area contributed by atoms with Gasteiger partial charge in [-0.1, -0.05) is 12.1 Å². The molecule has 8 heteroatoms. The molecule has 0 radical (unpaired) electrons. The first kappa shape index (κ1) is 21.0. The number of nitrogens with one attached hydrogen (secondary N) is 1. The Morgan fingerprint density at radius 1 is 1.00 bits per heavy atom. The Kier molecular flexibility index (Phi) is 6.57. The highest BCUT2D eigenvalue weighted by atomic mass is 16.2. The summed E-state index contributed by atoms with van der Waals surface area (Å²) in [4.78, 5) is 25.8. The lowest BCUT2D eigenvalue weighted by atomic mass is 10.1. The zero-order valence-electron chi connectivity index (χ0n) is 18.2. The summed E-state index contributed by atoms with van der Waals surface area (Å²) >= 11 is 0. The Morgan fingerprint density at radius 2 is 1.84 bits per heavy atom. The summed E-state index contributed by atoms with van der Waals surface area (Å²) in [5, 5.41) is 7.21. The van der Waals surface area contributed by atoms with Gasteiger partial charge in [-0.05, 0) is 55.7 Å². The van der Waals surface area contributed by atoms with E-state index in [2.05, 4.69) is 36.2 Å². The van der Waals surface area contributed by atoms with E-state index in [-0.39, 0.29) is 11.7 Å². The van der Waals surface area contributed by atoms with E-state index in [9.17, 15) is 4.79 Å². The second-order valence-electron chi connectivity index (χ2n) is 7.95. The average Bonchev–Trinajstić information content (AvgIpc) is 3.27. The summed E-state index contributed by atoms with van der Waals surface area (Å²) in [6.07, 6.45) is 4.44. The van der Waals surface area contributed by atoms with Crippen molar-refractivity contribution >= 4 is 17.4 Å². The molecular formula is C23H29N7O. The van der Waals surface area contributed by atoms with Gasteiger partial charge in [-0.25, -0.2) is 9.97 Å². The van der Waals surface area contributed by atoms with Crippen molar-refractivity contribution in [1.82, 2.24) is 24.6 Å². The first-order chi connectivity index (χ1) is 15.1. The van der Waals surface area contributed by atoms with Crippen molar-refractivity contribution in [3.8, 4) is 0 Å². The minimum absolute atomic E-state index is 0.196. The summed E-state index contributed by atoms with van der Waals surface area (Å²) in [5.74, 6) is 0.964. The van der Waals surface area contributed by atoms with E-state index >= 15 is 0 Å². The van der Waals surface area contributed by atoms with E-state index in [4.69, 9.17) is 0 Å². The number of benzene rings is 1. The van der Waals surface area contributed by atoms with Crippen molar-refractivity contribution in [1.29, 1.82) is 0 Å². The standard InChI is InChI=1S/C23H29N7O/c1-18-7-8-20(16-19(18)2)26-23(31)22-25-17-30(27-22)11-5-10-28-12-14-29(15-13-28)21-6-3-4-9-24-21/h3-4,6-9,16-17H,5,10-15H2,1-2H3,(H,26,31). The average molecular weight is 420 g/mol. The smallest absolute Gasteiger partial charge is 0.295 e. The molecule has 1 saturated heterocycles. The van der Waals surface area contributed by atoms with Crippen LogP contribution in [0.2, 0.25) is 0 Å². The fraction of sp³-hybridized carbons (Fsp3) is 0.391. The summed E-state index contributed by atoms with van der Waals surface area (Å²) in [6.45, 7) is 9.84. The number of rotatable bonds is 7. The third kappa shape index (κ3) is 5.46. The number of hydrogen-bond donors (Lipinski definition) is 1. The molecule has 1 aliphatic rings. The first-order valence-electron chi connectivity index (χ1n) is 10.7. The maximum absolute atomic E-state index is 12.4. The molecule has 1 N–H and O–H groups in total. The summed E-state index contributed by atoms with van der Waals surface area (Å²) in [5.41, 5.74) is 3.09. The molecule has 1 fully saturated rings. The van der Waals surface area contributed by atoms with Gasteiger partial charge in [0.1, 0.15) is 12.1 Å². The van der Waals surface area contributed by atoms with Crippen LogP contribution in [0.15, 0.2) is 48.9 Å². The number of aromatic nitrogens is 4. The SMILES string of the molecule is Cc1ccc(NC(=O)c2ncn(CCCN3CCN(c4ccccn4)CC3)n2)cc1C. The van der Waals surface area contributed by atoms with Gasteiger partial charge in [-0.2, -0.15) is 0 Å². The molecule has 2 aromatic heterocycles. The fourth-order valence-electron chi connectivity index (χ4n) is 3.71. The van der Waals surface area contributed by atoms with Gasteiger partial charge >= 0.3 is 0 Å².